The van der Waals surface area contributed by atoms with Gasteiger partial charge in [0.15, 0.2) is 0 Å². The first-order valence-corrected chi connectivity index (χ1v) is 13.9. The summed E-state index contributed by atoms with van der Waals surface area (Å²) in [5.74, 6) is 1.91. The van der Waals surface area contributed by atoms with Crippen molar-refractivity contribution in [3.8, 4) is 0 Å². The molecule has 1 aromatic heterocycles. The molecular formula is C29H39ClN2O4. The first kappa shape index (κ1) is 26.7. The summed E-state index contributed by atoms with van der Waals surface area (Å²) >= 11 is 6.31. The monoisotopic (exact) mass is 514 g/mol. The van der Waals surface area contributed by atoms with Gasteiger partial charge in [-0.25, -0.2) is 0 Å². The molecule has 4 rings (SSSR count). The van der Waals surface area contributed by atoms with Crippen LogP contribution in [-0.2, 0) is 9.59 Å². The molecule has 1 amide bonds. The SMILES string of the molecule is Cc1ccc(NC(=O)C[C@H](CCC(=O)O)c2noc([C@H]3CC[C@H](CC(C)C)CC3)c2C2CC2)c(Cl)c1. The molecule has 2 aromatic rings. The van der Waals surface area contributed by atoms with Crippen LogP contribution >= 0.6 is 11.6 Å². The molecule has 1 aromatic carbocycles. The number of halogens is 1. The van der Waals surface area contributed by atoms with Gasteiger partial charge in [-0.05, 0) is 93.7 Å². The van der Waals surface area contributed by atoms with E-state index in [0.717, 1.165) is 54.5 Å². The van der Waals surface area contributed by atoms with E-state index in [1.165, 1.54) is 24.8 Å². The van der Waals surface area contributed by atoms with Gasteiger partial charge in [0.05, 0.1) is 16.4 Å². The van der Waals surface area contributed by atoms with Crippen molar-refractivity contribution in [2.75, 3.05) is 5.32 Å². The Labute approximate surface area is 219 Å². The molecule has 2 aliphatic carbocycles. The van der Waals surface area contributed by atoms with Crippen LogP contribution in [0.1, 0.15) is 118 Å². The summed E-state index contributed by atoms with van der Waals surface area (Å²) in [6.07, 6.45) is 8.59. The Kier molecular flexibility index (Phi) is 8.76. The average Bonchev–Trinajstić information content (AvgIpc) is 3.56. The number of nitrogens with zero attached hydrogens (tertiary/aromatic N) is 1. The number of rotatable bonds is 11. The summed E-state index contributed by atoms with van der Waals surface area (Å²) in [6.45, 7) is 6.53. The topological polar surface area (TPSA) is 92.4 Å². The molecule has 0 saturated heterocycles. The summed E-state index contributed by atoms with van der Waals surface area (Å²) in [4.78, 5) is 24.4. The molecule has 2 aliphatic rings. The zero-order chi connectivity index (χ0) is 25.8. The summed E-state index contributed by atoms with van der Waals surface area (Å²) in [7, 11) is 0. The maximum atomic E-state index is 13.0. The van der Waals surface area contributed by atoms with Gasteiger partial charge in [-0.2, -0.15) is 0 Å². The minimum absolute atomic E-state index is 0.0180. The number of carbonyl (C=O) groups excluding carboxylic acids is 1. The number of nitrogens with one attached hydrogen (secondary N) is 1. The van der Waals surface area contributed by atoms with Crippen LogP contribution in [0.25, 0.3) is 0 Å². The van der Waals surface area contributed by atoms with E-state index in [0.29, 0.717) is 29.0 Å². The maximum Gasteiger partial charge on any atom is 0.303 e. The van der Waals surface area contributed by atoms with Gasteiger partial charge in [-0.15, -0.1) is 0 Å². The van der Waals surface area contributed by atoms with Crippen molar-refractivity contribution >= 4 is 29.2 Å². The van der Waals surface area contributed by atoms with Crippen molar-refractivity contribution in [2.24, 2.45) is 11.8 Å². The molecule has 1 heterocycles. The summed E-state index contributed by atoms with van der Waals surface area (Å²) in [5.41, 5.74) is 3.53. The molecule has 196 valence electrons. The predicted molar refractivity (Wildman–Crippen MR) is 142 cm³/mol. The number of carboxylic acids is 1. The van der Waals surface area contributed by atoms with Crippen LogP contribution < -0.4 is 5.32 Å². The number of hydrogen-bond acceptors (Lipinski definition) is 4. The smallest absolute Gasteiger partial charge is 0.303 e. The van der Waals surface area contributed by atoms with Gasteiger partial charge in [-0.1, -0.05) is 36.7 Å². The van der Waals surface area contributed by atoms with Gasteiger partial charge >= 0.3 is 5.97 Å². The van der Waals surface area contributed by atoms with Gasteiger partial charge in [-0.3, -0.25) is 9.59 Å². The van der Waals surface area contributed by atoms with E-state index < -0.39 is 5.97 Å². The van der Waals surface area contributed by atoms with Crippen LogP contribution in [0.15, 0.2) is 22.7 Å². The van der Waals surface area contributed by atoms with E-state index >= 15 is 0 Å². The van der Waals surface area contributed by atoms with E-state index in [1.54, 1.807) is 6.07 Å². The molecule has 7 heteroatoms. The predicted octanol–water partition coefficient (Wildman–Crippen LogP) is 7.81. The van der Waals surface area contributed by atoms with Crippen LogP contribution in [0.4, 0.5) is 5.69 Å². The third-order valence-electron chi connectivity index (χ3n) is 7.72. The fourth-order valence-corrected chi connectivity index (χ4v) is 6.08. The normalized spacial score (nSPS) is 20.9. The van der Waals surface area contributed by atoms with E-state index in [-0.39, 0.29) is 24.7 Å². The number of carboxylic acid groups (broad SMARTS) is 1. The first-order chi connectivity index (χ1) is 17.2. The fraction of sp³-hybridized carbons (Fsp3) is 0.621. The van der Waals surface area contributed by atoms with Crippen molar-refractivity contribution in [1.29, 1.82) is 0 Å². The summed E-state index contributed by atoms with van der Waals surface area (Å²) < 4.78 is 6.02. The van der Waals surface area contributed by atoms with E-state index in [4.69, 9.17) is 16.1 Å². The molecule has 0 radical (unpaired) electrons. The molecule has 0 aliphatic heterocycles. The Hall–Kier alpha value is -2.34. The number of hydrogen-bond donors (Lipinski definition) is 2. The van der Waals surface area contributed by atoms with E-state index in [2.05, 4.69) is 24.3 Å². The molecule has 2 fully saturated rings. The van der Waals surface area contributed by atoms with Crippen molar-refractivity contribution in [2.45, 2.75) is 103 Å². The Morgan fingerprint density at radius 1 is 1.14 bits per heavy atom. The highest BCUT2D eigenvalue weighted by Gasteiger charge is 2.38. The second-order valence-corrected chi connectivity index (χ2v) is 11.7. The number of amides is 1. The maximum absolute atomic E-state index is 13.0. The van der Waals surface area contributed by atoms with Crippen molar-refractivity contribution in [3.63, 3.8) is 0 Å². The quantitative estimate of drug-likeness (QED) is 0.319. The van der Waals surface area contributed by atoms with E-state index in [9.17, 15) is 14.7 Å². The molecule has 0 spiro atoms. The molecule has 1 atom stereocenters. The lowest BCUT2D eigenvalue weighted by molar-refractivity contribution is -0.137. The number of aliphatic carboxylic acids is 1. The molecule has 0 unspecified atom stereocenters. The number of benzene rings is 1. The number of anilines is 1. The largest absolute Gasteiger partial charge is 0.481 e. The number of aromatic nitrogens is 1. The van der Waals surface area contributed by atoms with E-state index in [1.807, 2.05) is 19.1 Å². The minimum atomic E-state index is -0.873. The van der Waals surface area contributed by atoms with Crippen LogP contribution in [0.3, 0.4) is 0 Å². The zero-order valence-electron chi connectivity index (χ0n) is 21.7. The third-order valence-corrected chi connectivity index (χ3v) is 8.03. The molecule has 2 saturated carbocycles. The van der Waals surface area contributed by atoms with Gasteiger partial charge in [0.2, 0.25) is 5.91 Å². The molecular weight excluding hydrogens is 476 g/mol. The van der Waals surface area contributed by atoms with Crippen molar-refractivity contribution in [3.05, 3.63) is 45.8 Å². The van der Waals surface area contributed by atoms with Gasteiger partial charge in [0, 0.05) is 30.2 Å². The van der Waals surface area contributed by atoms with Crippen molar-refractivity contribution < 1.29 is 19.2 Å². The lowest BCUT2D eigenvalue weighted by Gasteiger charge is -2.28. The van der Waals surface area contributed by atoms with Gasteiger partial charge in [0.25, 0.3) is 0 Å². The Morgan fingerprint density at radius 3 is 2.44 bits per heavy atom. The standard InChI is InChI=1S/C29H39ClN2O4/c1-17(2)14-19-5-7-21(8-6-19)29-27(20-9-10-20)28(32-36-29)22(11-13-26(34)35)16-25(33)31-24-12-4-18(3)15-23(24)30/h4,12,15,17,19-22H,5-11,13-14,16H2,1-3H3,(H,31,33)(H,34,35)/t19-,21-,22-/m0/s1. The molecule has 2 N–H and O–H groups in total. The van der Waals surface area contributed by atoms with Crippen molar-refractivity contribution in [1.82, 2.24) is 5.16 Å². The fourth-order valence-electron chi connectivity index (χ4n) is 5.80. The summed E-state index contributed by atoms with van der Waals surface area (Å²) in [6, 6.07) is 5.50. The average molecular weight is 515 g/mol. The minimum Gasteiger partial charge on any atom is -0.481 e. The van der Waals surface area contributed by atoms with Crippen LogP contribution in [-0.4, -0.2) is 22.1 Å². The number of carbonyl (C=O) groups is 2. The second-order valence-electron chi connectivity index (χ2n) is 11.3. The summed E-state index contributed by atoms with van der Waals surface area (Å²) in [5, 5.41) is 17.3. The highest BCUT2D eigenvalue weighted by atomic mass is 35.5. The lowest BCUT2D eigenvalue weighted by atomic mass is 9.76. The third kappa shape index (κ3) is 6.90. The molecule has 6 nitrogen and oxygen atoms in total. The second kappa shape index (κ2) is 11.8. The van der Waals surface area contributed by atoms with Gasteiger partial charge in [0.1, 0.15) is 5.76 Å². The Balaban J connectivity index is 1.52. The zero-order valence-corrected chi connectivity index (χ0v) is 22.4. The van der Waals surface area contributed by atoms with Crippen LogP contribution in [0, 0.1) is 18.8 Å². The van der Waals surface area contributed by atoms with Crippen LogP contribution in [0.2, 0.25) is 5.02 Å². The molecule has 0 bridgehead atoms. The lowest BCUT2D eigenvalue weighted by Crippen LogP contribution is -2.18. The number of aryl methyl sites for hydroxylation is 1. The van der Waals surface area contributed by atoms with Crippen LogP contribution in [0.5, 0.6) is 0 Å². The first-order valence-electron chi connectivity index (χ1n) is 13.5. The highest BCUT2D eigenvalue weighted by molar-refractivity contribution is 6.33. The van der Waals surface area contributed by atoms with Gasteiger partial charge < -0.3 is 14.9 Å². The Morgan fingerprint density at radius 2 is 1.83 bits per heavy atom. The Bertz CT molecular complexity index is 1070. The molecule has 36 heavy (non-hydrogen) atoms. The highest BCUT2D eigenvalue weighted by Crippen LogP contribution is 2.50.